The summed E-state index contributed by atoms with van der Waals surface area (Å²) in [7, 11) is 1.65. The molecule has 9 heteroatoms. The molecular formula is C20H16ClF4N3O. The zero-order chi connectivity index (χ0) is 20.8. The van der Waals surface area contributed by atoms with Crippen molar-refractivity contribution in [3.63, 3.8) is 0 Å². The molecule has 0 aliphatic heterocycles. The van der Waals surface area contributed by atoms with Crippen molar-refractivity contribution in [2.75, 3.05) is 0 Å². The van der Waals surface area contributed by atoms with E-state index in [2.05, 4.69) is 14.9 Å². The third kappa shape index (κ3) is 3.57. The minimum absolute atomic E-state index is 0.147. The highest BCUT2D eigenvalue weighted by Gasteiger charge is 2.51. The summed E-state index contributed by atoms with van der Waals surface area (Å²) >= 11 is 5.97. The van der Waals surface area contributed by atoms with Gasteiger partial charge in [-0.3, -0.25) is 0 Å². The van der Waals surface area contributed by atoms with Crippen molar-refractivity contribution in [2.24, 2.45) is 7.05 Å². The Labute approximate surface area is 169 Å². The summed E-state index contributed by atoms with van der Waals surface area (Å²) in [6.07, 6.45) is -5.41. The number of para-hydroxylation sites is 1. The molecule has 29 heavy (non-hydrogen) atoms. The molecule has 0 bridgehead atoms. The van der Waals surface area contributed by atoms with Crippen LogP contribution in [-0.4, -0.2) is 27.3 Å². The molecule has 1 aliphatic rings. The van der Waals surface area contributed by atoms with E-state index < -0.39 is 17.9 Å². The number of nitrogens with zero attached hydrogens (tertiary/aromatic N) is 3. The van der Waals surface area contributed by atoms with E-state index in [1.165, 1.54) is 18.2 Å². The molecule has 0 N–H and O–H groups in total. The molecule has 2 aromatic carbocycles. The van der Waals surface area contributed by atoms with Crippen LogP contribution in [0.15, 0.2) is 48.5 Å². The number of alkyl halides is 4. The van der Waals surface area contributed by atoms with Crippen molar-refractivity contribution in [1.29, 1.82) is 0 Å². The summed E-state index contributed by atoms with van der Waals surface area (Å²) in [6.45, 7) is 0. The smallest absolute Gasteiger partial charge is 0.405 e. The van der Waals surface area contributed by atoms with E-state index in [-0.39, 0.29) is 30.0 Å². The molecular weight excluding hydrogens is 410 g/mol. The van der Waals surface area contributed by atoms with E-state index in [1.54, 1.807) is 29.8 Å². The summed E-state index contributed by atoms with van der Waals surface area (Å²) < 4.78 is 58.0. The van der Waals surface area contributed by atoms with Gasteiger partial charge in [0, 0.05) is 12.1 Å². The predicted molar refractivity (Wildman–Crippen MR) is 99.5 cm³/mol. The lowest BCUT2D eigenvalue weighted by atomic mass is 9.62. The maximum Gasteiger partial charge on any atom is 0.573 e. The molecule has 1 fully saturated rings. The third-order valence-corrected chi connectivity index (χ3v) is 5.45. The number of hydrogen-bond acceptors (Lipinski definition) is 3. The highest BCUT2D eigenvalue weighted by Crippen LogP contribution is 2.50. The number of hydrogen-bond donors (Lipinski definition) is 0. The van der Waals surface area contributed by atoms with Crippen LogP contribution in [0.4, 0.5) is 17.6 Å². The van der Waals surface area contributed by atoms with Crippen LogP contribution in [0, 0.1) is 0 Å². The summed E-state index contributed by atoms with van der Waals surface area (Å²) in [5.74, 6) is 0.306. The van der Waals surface area contributed by atoms with Gasteiger partial charge in [0.1, 0.15) is 17.7 Å². The van der Waals surface area contributed by atoms with Crippen LogP contribution >= 0.6 is 11.6 Å². The van der Waals surface area contributed by atoms with Crippen LogP contribution in [0.25, 0.3) is 11.4 Å². The van der Waals surface area contributed by atoms with Gasteiger partial charge in [0.25, 0.3) is 0 Å². The van der Waals surface area contributed by atoms with E-state index in [0.717, 1.165) is 5.56 Å². The van der Waals surface area contributed by atoms with Crippen molar-refractivity contribution < 1.29 is 22.3 Å². The number of halogens is 5. The normalized spacial score (nSPS) is 21.7. The summed E-state index contributed by atoms with van der Waals surface area (Å²) in [5, 5.41) is 8.90. The Hall–Kier alpha value is -2.61. The topological polar surface area (TPSA) is 39.9 Å². The zero-order valence-corrected chi connectivity index (χ0v) is 16.0. The number of benzene rings is 2. The van der Waals surface area contributed by atoms with Crippen LogP contribution < -0.4 is 4.74 Å². The van der Waals surface area contributed by atoms with E-state index in [9.17, 15) is 17.6 Å². The van der Waals surface area contributed by atoms with Gasteiger partial charge in [0.15, 0.2) is 5.82 Å². The Balaban J connectivity index is 1.79. The lowest BCUT2D eigenvalue weighted by molar-refractivity contribution is -0.274. The first-order valence-electron chi connectivity index (χ1n) is 8.85. The third-order valence-electron chi connectivity index (χ3n) is 5.19. The zero-order valence-electron chi connectivity index (χ0n) is 15.3. The number of rotatable bonds is 4. The predicted octanol–water partition coefficient (Wildman–Crippen LogP) is 5.45. The molecule has 4 rings (SSSR count). The second-order valence-corrected chi connectivity index (χ2v) is 7.48. The first kappa shape index (κ1) is 19.7. The van der Waals surface area contributed by atoms with E-state index in [1.807, 2.05) is 12.1 Å². The molecule has 1 aromatic heterocycles. The Bertz CT molecular complexity index is 1030. The van der Waals surface area contributed by atoms with Crippen LogP contribution in [0.1, 0.15) is 24.2 Å². The molecule has 0 unspecified atom stereocenters. The molecule has 4 nitrogen and oxygen atoms in total. The lowest BCUT2D eigenvalue weighted by Gasteiger charge is -2.43. The maximum absolute atomic E-state index is 13.9. The summed E-state index contributed by atoms with van der Waals surface area (Å²) in [5.41, 5.74) is 0.259. The molecule has 1 saturated carbocycles. The molecule has 0 atom stereocenters. The maximum atomic E-state index is 13.9. The standard InChI is InChI=1S/C20H16ClF4N3O/c1-28-17(15-4-2-3-5-16(15)29-20(23,24)25)26-27-18(28)19(10-14(22)11-19)12-6-8-13(21)9-7-12/h2-9,14H,10-11H2,1H3. The SMILES string of the molecule is Cn1c(-c2ccccc2OC(F)(F)F)nnc1C1(c2ccc(Cl)cc2)CC(F)C1. The summed E-state index contributed by atoms with van der Waals surface area (Å²) in [4.78, 5) is 0. The lowest BCUT2D eigenvalue weighted by Crippen LogP contribution is -2.45. The van der Waals surface area contributed by atoms with Gasteiger partial charge >= 0.3 is 6.36 Å². The van der Waals surface area contributed by atoms with Crippen LogP contribution in [0.3, 0.4) is 0 Å². The van der Waals surface area contributed by atoms with Gasteiger partial charge in [-0.25, -0.2) is 4.39 Å². The van der Waals surface area contributed by atoms with E-state index in [4.69, 9.17) is 11.6 Å². The van der Waals surface area contributed by atoms with Gasteiger partial charge in [0.05, 0.1) is 11.0 Å². The fraction of sp³-hybridized carbons (Fsp3) is 0.300. The minimum Gasteiger partial charge on any atom is -0.405 e. The second kappa shape index (κ2) is 7.02. The quantitative estimate of drug-likeness (QED) is 0.522. The van der Waals surface area contributed by atoms with Crippen LogP contribution in [0.2, 0.25) is 5.02 Å². The van der Waals surface area contributed by atoms with Gasteiger partial charge in [-0.15, -0.1) is 23.4 Å². The summed E-state index contributed by atoms with van der Waals surface area (Å²) in [6, 6.07) is 12.8. The number of ether oxygens (including phenoxy) is 1. The number of aromatic nitrogens is 3. The fourth-order valence-electron chi connectivity index (χ4n) is 3.86. The van der Waals surface area contributed by atoms with E-state index >= 15 is 0 Å². The van der Waals surface area contributed by atoms with Crippen LogP contribution in [-0.2, 0) is 12.5 Å². The van der Waals surface area contributed by atoms with Gasteiger partial charge in [-0.05, 0) is 42.7 Å². The molecule has 3 aromatic rings. The Morgan fingerprint density at radius 3 is 2.34 bits per heavy atom. The molecule has 0 radical (unpaired) electrons. The van der Waals surface area contributed by atoms with Crippen molar-refractivity contribution in [3.05, 3.63) is 64.9 Å². The van der Waals surface area contributed by atoms with Crippen molar-refractivity contribution in [3.8, 4) is 17.1 Å². The monoisotopic (exact) mass is 425 g/mol. The molecule has 0 spiro atoms. The fourth-order valence-corrected chi connectivity index (χ4v) is 3.98. The van der Waals surface area contributed by atoms with Gasteiger partial charge < -0.3 is 9.30 Å². The van der Waals surface area contributed by atoms with Gasteiger partial charge in [0.2, 0.25) is 0 Å². The highest BCUT2D eigenvalue weighted by molar-refractivity contribution is 6.30. The molecule has 152 valence electrons. The average Bonchev–Trinajstić information content (AvgIpc) is 3.00. The van der Waals surface area contributed by atoms with E-state index in [0.29, 0.717) is 10.8 Å². The largest absolute Gasteiger partial charge is 0.573 e. The Morgan fingerprint density at radius 2 is 1.72 bits per heavy atom. The molecule has 0 saturated heterocycles. The van der Waals surface area contributed by atoms with Gasteiger partial charge in [-0.1, -0.05) is 35.9 Å². The second-order valence-electron chi connectivity index (χ2n) is 7.04. The van der Waals surface area contributed by atoms with Crippen molar-refractivity contribution >= 4 is 11.6 Å². The molecule has 1 heterocycles. The van der Waals surface area contributed by atoms with Crippen molar-refractivity contribution in [1.82, 2.24) is 14.8 Å². The Morgan fingerprint density at radius 1 is 1.07 bits per heavy atom. The minimum atomic E-state index is -4.84. The highest BCUT2D eigenvalue weighted by atomic mass is 35.5. The Kier molecular flexibility index (Phi) is 4.77. The molecule has 0 amide bonds. The first-order chi connectivity index (χ1) is 13.7. The van der Waals surface area contributed by atoms with Crippen molar-refractivity contribution in [2.45, 2.75) is 30.8 Å². The average molecular weight is 426 g/mol. The first-order valence-corrected chi connectivity index (χ1v) is 9.22. The van der Waals surface area contributed by atoms with Crippen LogP contribution in [0.5, 0.6) is 5.75 Å². The van der Waals surface area contributed by atoms with Gasteiger partial charge in [-0.2, -0.15) is 0 Å². The molecule has 1 aliphatic carbocycles.